The van der Waals surface area contributed by atoms with Crippen molar-refractivity contribution in [1.29, 1.82) is 0 Å². The predicted molar refractivity (Wildman–Crippen MR) is 75.8 cm³/mol. The highest BCUT2D eigenvalue weighted by Crippen LogP contribution is 2.31. The van der Waals surface area contributed by atoms with Gasteiger partial charge in [-0.25, -0.2) is 0 Å². The molecule has 0 bridgehead atoms. The Kier molecular flexibility index (Phi) is 4.22. The summed E-state index contributed by atoms with van der Waals surface area (Å²) in [5, 5.41) is 3.62. The molecule has 0 spiro atoms. The van der Waals surface area contributed by atoms with Crippen molar-refractivity contribution in [2.75, 3.05) is 39.8 Å². The van der Waals surface area contributed by atoms with Gasteiger partial charge in [0.1, 0.15) is 0 Å². The fourth-order valence-electron chi connectivity index (χ4n) is 4.32. The van der Waals surface area contributed by atoms with Gasteiger partial charge in [0.2, 0.25) is 0 Å². The van der Waals surface area contributed by atoms with Gasteiger partial charge < -0.3 is 10.2 Å². The van der Waals surface area contributed by atoms with Crippen molar-refractivity contribution < 1.29 is 0 Å². The molecule has 18 heavy (non-hydrogen) atoms. The molecule has 104 valence electrons. The van der Waals surface area contributed by atoms with Gasteiger partial charge in [-0.2, -0.15) is 0 Å². The normalized spacial score (nSPS) is 40.2. The number of fused-ring (bicyclic) bond motifs is 1. The topological polar surface area (TPSA) is 18.5 Å². The molecule has 3 aliphatic heterocycles. The Morgan fingerprint density at radius 1 is 1.00 bits per heavy atom. The molecule has 3 atom stereocenters. The average molecular weight is 251 g/mol. The minimum absolute atomic E-state index is 0.820. The molecule has 0 aliphatic carbocycles. The molecule has 3 nitrogen and oxygen atoms in total. The zero-order valence-electron chi connectivity index (χ0n) is 11.9. The molecule has 3 unspecified atom stereocenters. The van der Waals surface area contributed by atoms with Crippen molar-refractivity contribution in [2.24, 2.45) is 5.92 Å². The summed E-state index contributed by atoms with van der Waals surface area (Å²) in [5.74, 6) is 0.945. The summed E-state index contributed by atoms with van der Waals surface area (Å²) in [5.41, 5.74) is 0. The monoisotopic (exact) mass is 251 g/mol. The number of piperidine rings is 2. The van der Waals surface area contributed by atoms with Crippen molar-refractivity contribution in [3.8, 4) is 0 Å². The molecule has 3 heterocycles. The van der Waals surface area contributed by atoms with Gasteiger partial charge in [0.25, 0.3) is 0 Å². The highest BCUT2D eigenvalue weighted by atomic mass is 15.2. The van der Waals surface area contributed by atoms with Crippen LogP contribution in [0.2, 0.25) is 0 Å². The second-order valence-corrected chi connectivity index (χ2v) is 6.59. The largest absolute Gasteiger partial charge is 0.315 e. The maximum absolute atomic E-state index is 3.62. The fraction of sp³-hybridized carbons (Fsp3) is 1.00. The van der Waals surface area contributed by atoms with Crippen LogP contribution in [-0.4, -0.2) is 61.7 Å². The van der Waals surface area contributed by atoms with Gasteiger partial charge in [-0.1, -0.05) is 6.42 Å². The Labute approximate surface area is 112 Å². The van der Waals surface area contributed by atoms with E-state index < -0.39 is 0 Å². The molecular weight excluding hydrogens is 222 g/mol. The Morgan fingerprint density at radius 3 is 2.89 bits per heavy atom. The molecule has 0 amide bonds. The van der Waals surface area contributed by atoms with Crippen LogP contribution in [0, 0.1) is 5.92 Å². The van der Waals surface area contributed by atoms with Crippen LogP contribution in [0.15, 0.2) is 0 Å². The van der Waals surface area contributed by atoms with E-state index in [1.54, 1.807) is 0 Å². The molecule has 3 fully saturated rings. The summed E-state index contributed by atoms with van der Waals surface area (Å²) in [6.45, 7) is 6.48. The van der Waals surface area contributed by atoms with Crippen LogP contribution < -0.4 is 5.32 Å². The predicted octanol–water partition coefficient (Wildman–Crippen LogP) is 1.54. The maximum atomic E-state index is 3.62. The Morgan fingerprint density at radius 2 is 1.94 bits per heavy atom. The third-order valence-electron chi connectivity index (χ3n) is 5.41. The van der Waals surface area contributed by atoms with Gasteiger partial charge >= 0.3 is 0 Å². The Hall–Kier alpha value is -0.120. The van der Waals surface area contributed by atoms with Gasteiger partial charge in [-0.05, 0) is 64.7 Å². The molecule has 0 radical (unpaired) electrons. The zero-order valence-corrected chi connectivity index (χ0v) is 11.9. The summed E-state index contributed by atoms with van der Waals surface area (Å²) >= 11 is 0. The number of hydrogen-bond acceptors (Lipinski definition) is 3. The number of hydrogen-bond donors (Lipinski definition) is 1. The Bertz CT molecular complexity index is 260. The summed E-state index contributed by atoms with van der Waals surface area (Å²) in [6, 6.07) is 1.70. The first-order valence-electron chi connectivity index (χ1n) is 7.99. The number of nitrogens with one attached hydrogen (secondary N) is 1. The average Bonchev–Trinajstić information content (AvgIpc) is 2.67. The molecule has 3 saturated heterocycles. The van der Waals surface area contributed by atoms with E-state index in [-0.39, 0.29) is 0 Å². The van der Waals surface area contributed by atoms with Crippen LogP contribution in [-0.2, 0) is 0 Å². The second-order valence-electron chi connectivity index (χ2n) is 6.59. The lowest BCUT2D eigenvalue weighted by Crippen LogP contribution is -2.56. The first-order chi connectivity index (χ1) is 8.84. The van der Waals surface area contributed by atoms with E-state index in [0.29, 0.717) is 0 Å². The lowest BCUT2D eigenvalue weighted by molar-refractivity contribution is 0.0193. The highest BCUT2D eigenvalue weighted by Gasteiger charge is 2.36. The molecule has 0 aromatic heterocycles. The molecular formula is C15H29N3. The van der Waals surface area contributed by atoms with Crippen molar-refractivity contribution in [2.45, 2.75) is 50.6 Å². The molecule has 0 aromatic carbocycles. The summed E-state index contributed by atoms with van der Waals surface area (Å²) in [4.78, 5) is 5.43. The smallest absolute Gasteiger partial charge is 0.0220 e. The zero-order chi connectivity index (χ0) is 12.4. The van der Waals surface area contributed by atoms with E-state index in [9.17, 15) is 0 Å². The highest BCUT2D eigenvalue weighted by molar-refractivity contribution is 4.91. The molecule has 3 rings (SSSR count). The number of likely N-dealkylation sites (tertiary alicyclic amines) is 2. The minimum atomic E-state index is 0.820. The second kappa shape index (κ2) is 5.89. The van der Waals surface area contributed by atoms with E-state index >= 15 is 0 Å². The Balaban J connectivity index is 1.59. The van der Waals surface area contributed by atoms with Crippen LogP contribution in [0.3, 0.4) is 0 Å². The third-order valence-corrected chi connectivity index (χ3v) is 5.41. The quantitative estimate of drug-likeness (QED) is 0.763. The standard InChI is InChI=1S/C15H29N3/c1-17-9-4-5-13-12-18(10-7-15(13)17)14-6-2-3-8-16-11-14/h13-16H,2-12H2,1H3. The maximum Gasteiger partial charge on any atom is 0.0220 e. The SMILES string of the molecule is CN1CCCC2CN(C3CCCCNC3)CCC21. The molecule has 3 heteroatoms. The van der Waals surface area contributed by atoms with Crippen molar-refractivity contribution in [3.63, 3.8) is 0 Å². The van der Waals surface area contributed by atoms with Gasteiger partial charge in [0.05, 0.1) is 0 Å². The van der Waals surface area contributed by atoms with Gasteiger partial charge in [0, 0.05) is 25.2 Å². The minimum Gasteiger partial charge on any atom is -0.315 e. The lowest BCUT2D eigenvalue weighted by Gasteiger charge is -2.48. The lowest BCUT2D eigenvalue weighted by atomic mass is 9.83. The number of nitrogens with zero attached hydrogens (tertiary/aromatic N) is 2. The van der Waals surface area contributed by atoms with E-state index in [1.807, 2.05) is 0 Å². The van der Waals surface area contributed by atoms with Crippen molar-refractivity contribution in [3.05, 3.63) is 0 Å². The fourth-order valence-corrected chi connectivity index (χ4v) is 4.32. The van der Waals surface area contributed by atoms with Crippen molar-refractivity contribution >= 4 is 0 Å². The van der Waals surface area contributed by atoms with E-state index in [1.165, 1.54) is 71.2 Å². The van der Waals surface area contributed by atoms with Crippen LogP contribution >= 0.6 is 0 Å². The van der Waals surface area contributed by atoms with Crippen LogP contribution in [0.1, 0.15) is 38.5 Å². The van der Waals surface area contributed by atoms with E-state index in [0.717, 1.165) is 18.0 Å². The third kappa shape index (κ3) is 2.73. The molecule has 0 aromatic rings. The van der Waals surface area contributed by atoms with Crippen molar-refractivity contribution in [1.82, 2.24) is 15.1 Å². The summed E-state index contributed by atoms with van der Waals surface area (Å²) < 4.78 is 0. The van der Waals surface area contributed by atoms with Crippen LogP contribution in [0.25, 0.3) is 0 Å². The molecule has 3 aliphatic rings. The van der Waals surface area contributed by atoms with E-state index in [4.69, 9.17) is 0 Å². The van der Waals surface area contributed by atoms with Gasteiger partial charge in [-0.15, -0.1) is 0 Å². The first kappa shape index (κ1) is 12.9. The van der Waals surface area contributed by atoms with Crippen LogP contribution in [0.4, 0.5) is 0 Å². The van der Waals surface area contributed by atoms with Gasteiger partial charge in [0.15, 0.2) is 0 Å². The van der Waals surface area contributed by atoms with E-state index in [2.05, 4.69) is 22.2 Å². The molecule has 0 saturated carbocycles. The van der Waals surface area contributed by atoms with Crippen LogP contribution in [0.5, 0.6) is 0 Å². The number of rotatable bonds is 1. The summed E-state index contributed by atoms with van der Waals surface area (Å²) in [7, 11) is 2.33. The first-order valence-corrected chi connectivity index (χ1v) is 7.99. The summed E-state index contributed by atoms with van der Waals surface area (Å²) in [6.07, 6.45) is 8.49. The van der Waals surface area contributed by atoms with Gasteiger partial charge in [-0.3, -0.25) is 4.90 Å². The molecule has 1 N–H and O–H groups in total.